The molecule has 53 heavy (non-hydrogen) atoms. The van der Waals surface area contributed by atoms with Crippen LogP contribution in [0.2, 0.25) is 0 Å². The van der Waals surface area contributed by atoms with E-state index in [1.54, 1.807) is 0 Å². The molecule has 274 valence electrons. The molecule has 5 aromatic rings. The molecule has 0 radical (unpaired) electrons. The number of rotatable bonds is 12. The number of anilines is 1. The highest BCUT2D eigenvalue weighted by molar-refractivity contribution is 7.92. The van der Waals surface area contributed by atoms with Gasteiger partial charge >= 0.3 is 11.7 Å². The largest absolute Gasteiger partial charge is 0.480 e. The van der Waals surface area contributed by atoms with Crippen LogP contribution in [-0.4, -0.2) is 51.3 Å². The van der Waals surface area contributed by atoms with E-state index >= 15 is 8.78 Å². The highest BCUT2D eigenvalue weighted by Gasteiger charge is 2.27. The molecule has 0 spiro atoms. The number of nitrogens with zero attached hydrogens (tertiary/aromatic N) is 3. The van der Waals surface area contributed by atoms with Crippen molar-refractivity contribution in [2.75, 3.05) is 4.72 Å². The third-order valence-corrected chi connectivity index (χ3v) is 10.7. The minimum Gasteiger partial charge on any atom is -0.480 e. The Kier molecular flexibility index (Phi) is 10.3. The van der Waals surface area contributed by atoms with Crippen LogP contribution in [0.15, 0.2) is 93.6 Å². The number of benzene rings is 3. The lowest BCUT2D eigenvalue weighted by Gasteiger charge is -2.16. The Bertz CT molecular complexity index is 2450. The molecular weight excluding hydrogens is 712 g/mol. The van der Waals surface area contributed by atoms with E-state index in [2.05, 4.69) is 15.0 Å². The Balaban J connectivity index is 1.14. The van der Waals surface area contributed by atoms with Crippen molar-refractivity contribution in [2.24, 2.45) is 13.0 Å². The molecule has 1 saturated carbocycles. The van der Waals surface area contributed by atoms with Gasteiger partial charge in [-0.1, -0.05) is 49.9 Å². The number of carboxylic acid groups (broad SMARTS) is 1. The molecule has 0 saturated heterocycles. The van der Waals surface area contributed by atoms with E-state index in [1.807, 2.05) is 0 Å². The van der Waals surface area contributed by atoms with Crippen molar-refractivity contribution >= 4 is 44.3 Å². The second-order valence-corrected chi connectivity index (χ2v) is 14.5. The molecule has 6 rings (SSSR count). The van der Waals surface area contributed by atoms with Gasteiger partial charge in [0.15, 0.2) is 5.78 Å². The Hall–Kier alpha value is -6.03. The number of aryl methyl sites for hydroxylation is 1. The van der Waals surface area contributed by atoms with E-state index in [9.17, 15) is 37.5 Å². The lowest BCUT2D eigenvalue weighted by molar-refractivity contribution is -0.139. The number of Topliss-reactive ketones (excluding diaryl/α,β-unsaturated/α-hetero) is 1. The maximum absolute atomic E-state index is 15.1. The predicted octanol–water partition coefficient (Wildman–Crippen LogP) is 4.35. The van der Waals surface area contributed by atoms with Crippen LogP contribution in [-0.2, 0) is 28.3 Å². The maximum atomic E-state index is 15.1. The van der Waals surface area contributed by atoms with Crippen LogP contribution in [0.3, 0.4) is 0 Å². The quantitative estimate of drug-likeness (QED) is 0.156. The predicted molar refractivity (Wildman–Crippen MR) is 190 cm³/mol. The van der Waals surface area contributed by atoms with E-state index in [4.69, 9.17) is 0 Å². The van der Waals surface area contributed by atoms with Gasteiger partial charge in [0.05, 0.1) is 33.4 Å². The number of aromatic nitrogens is 3. The highest BCUT2D eigenvalue weighted by atomic mass is 32.2. The normalized spacial score (nSPS) is 13.9. The van der Waals surface area contributed by atoms with Crippen molar-refractivity contribution in [3.63, 3.8) is 0 Å². The molecule has 1 atom stereocenters. The standard InChI is InChI=1S/C37H33F2N5O8S/c1-43-31-20-40-15-14-27(31)35(47)44(37(43)50)25-10-6-22(7-11-25)16-30(36(48)49)41-34(46)33-28(38)18-24(19-29(33)39)42-53(51,52)26-12-8-23(9-13-26)32(45)17-21-4-2-3-5-21/h6-15,18-21,30,42H,2-5,16-17H2,1H3,(H,41,46)(H,48,49)/t30-/m0/s1. The number of sulfonamides is 1. The second kappa shape index (κ2) is 14.9. The summed E-state index contributed by atoms with van der Waals surface area (Å²) in [6.45, 7) is 0. The Labute approximate surface area is 301 Å². The van der Waals surface area contributed by atoms with Crippen LogP contribution in [0.1, 0.15) is 58.4 Å². The summed E-state index contributed by atoms with van der Waals surface area (Å²) in [6.07, 6.45) is 6.96. The molecule has 0 bridgehead atoms. The van der Waals surface area contributed by atoms with Crippen molar-refractivity contribution in [3.05, 3.63) is 128 Å². The van der Waals surface area contributed by atoms with Gasteiger partial charge in [0.1, 0.15) is 23.2 Å². The number of pyridine rings is 1. The van der Waals surface area contributed by atoms with Gasteiger partial charge in [-0.3, -0.25) is 28.7 Å². The van der Waals surface area contributed by atoms with Crippen LogP contribution in [0.4, 0.5) is 14.5 Å². The first-order valence-electron chi connectivity index (χ1n) is 16.6. The summed E-state index contributed by atoms with van der Waals surface area (Å²) in [5, 5.41) is 12.1. The van der Waals surface area contributed by atoms with E-state index < -0.39 is 62.1 Å². The zero-order valence-electron chi connectivity index (χ0n) is 28.2. The molecule has 13 nitrogen and oxygen atoms in total. The third-order valence-electron chi connectivity index (χ3n) is 9.27. The summed E-state index contributed by atoms with van der Waals surface area (Å²) in [7, 11) is -2.88. The number of hydrogen-bond acceptors (Lipinski definition) is 8. The molecule has 16 heteroatoms. The average molecular weight is 746 g/mol. The van der Waals surface area contributed by atoms with Crippen molar-refractivity contribution < 1.29 is 36.7 Å². The van der Waals surface area contributed by atoms with Crippen LogP contribution in [0.25, 0.3) is 16.6 Å². The zero-order valence-corrected chi connectivity index (χ0v) is 29.0. The minimum atomic E-state index is -4.36. The van der Waals surface area contributed by atoms with Crippen LogP contribution >= 0.6 is 0 Å². The fraction of sp³-hybridized carbons (Fsp3) is 0.243. The van der Waals surface area contributed by atoms with Crippen molar-refractivity contribution in [2.45, 2.75) is 49.5 Å². The van der Waals surface area contributed by atoms with Gasteiger partial charge in [-0.2, -0.15) is 0 Å². The van der Waals surface area contributed by atoms with Crippen LogP contribution in [0, 0.1) is 17.6 Å². The summed E-state index contributed by atoms with van der Waals surface area (Å²) >= 11 is 0. The highest BCUT2D eigenvalue weighted by Crippen LogP contribution is 2.29. The van der Waals surface area contributed by atoms with Gasteiger partial charge in [0, 0.05) is 31.6 Å². The maximum Gasteiger partial charge on any atom is 0.335 e. The number of carboxylic acids is 1. The van der Waals surface area contributed by atoms with Crippen molar-refractivity contribution in [3.8, 4) is 5.69 Å². The second-order valence-electron chi connectivity index (χ2n) is 12.8. The summed E-state index contributed by atoms with van der Waals surface area (Å²) < 4.78 is 60.5. The van der Waals surface area contributed by atoms with E-state index in [0.29, 0.717) is 41.1 Å². The number of amides is 1. The van der Waals surface area contributed by atoms with E-state index in [1.165, 1.54) is 78.6 Å². The Morgan fingerprint density at radius 2 is 1.60 bits per heavy atom. The molecule has 0 unspecified atom stereocenters. The van der Waals surface area contributed by atoms with Crippen LogP contribution in [0.5, 0.6) is 0 Å². The molecule has 2 aromatic heterocycles. The molecule has 3 N–H and O–H groups in total. The van der Waals surface area contributed by atoms with Gasteiger partial charge in [-0.05, 0) is 53.9 Å². The topological polar surface area (TPSA) is 187 Å². The lowest BCUT2D eigenvalue weighted by atomic mass is 9.97. The summed E-state index contributed by atoms with van der Waals surface area (Å²) in [5.74, 6) is -5.64. The number of fused-ring (bicyclic) bond motifs is 1. The number of hydrogen-bond donors (Lipinski definition) is 3. The first-order chi connectivity index (χ1) is 25.2. The van der Waals surface area contributed by atoms with Gasteiger partial charge in [0.25, 0.3) is 21.5 Å². The lowest BCUT2D eigenvalue weighted by Crippen LogP contribution is -2.43. The summed E-state index contributed by atoms with van der Waals surface area (Å²) in [4.78, 5) is 67.4. The molecular formula is C37H33F2N5O8S. The number of halogens is 2. The SMILES string of the molecule is Cn1c(=O)n(-c2ccc(C[C@H](NC(=O)c3c(F)cc(NS(=O)(=O)c4ccc(C(=O)CC5CCCC5)cc4)cc3F)C(=O)O)cc2)c(=O)c2ccncc21. The van der Waals surface area contributed by atoms with Gasteiger partial charge in [-0.15, -0.1) is 0 Å². The van der Waals surface area contributed by atoms with Crippen LogP contribution < -0.4 is 21.3 Å². The fourth-order valence-electron chi connectivity index (χ4n) is 6.45. The number of ketones is 1. The first-order valence-corrected chi connectivity index (χ1v) is 18.1. The van der Waals surface area contributed by atoms with Crippen molar-refractivity contribution in [1.29, 1.82) is 0 Å². The number of aliphatic carboxylic acids is 1. The molecule has 0 aliphatic heterocycles. The number of carbonyl (C=O) groups is 3. The summed E-state index contributed by atoms with van der Waals surface area (Å²) in [6, 6.07) is 11.8. The monoisotopic (exact) mass is 745 g/mol. The molecule has 1 aliphatic carbocycles. The summed E-state index contributed by atoms with van der Waals surface area (Å²) in [5.41, 5.74) is -1.69. The Morgan fingerprint density at radius 3 is 2.23 bits per heavy atom. The fourth-order valence-corrected chi connectivity index (χ4v) is 7.49. The average Bonchev–Trinajstić information content (AvgIpc) is 3.64. The first kappa shape index (κ1) is 36.8. The minimum absolute atomic E-state index is 0.101. The molecule has 1 amide bonds. The molecule has 1 fully saturated rings. The zero-order chi connectivity index (χ0) is 38.0. The smallest absolute Gasteiger partial charge is 0.335 e. The molecule has 2 heterocycles. The van der Waals surface area contributed by atoms with Crippen molar-refractivity contribution in [1.82, 2.24) is 19.4 Å². The van der Waals surface area contributed by atoms with E-state index in [0.717, 1.165) is 30.3 Å². The van der Waals surface area contributed by atoms with Gasteiger partial charge in [0.2, 0.25) is 0 Å². The molecule has 1 aliphatic rings. The van der Waals surface area contributed by atoms with Gasteiger partial charge < -0.3 is 10.4 Å². The molecule has 3 aromatic carbocycles. The van der Waals surface area contributed by atoms with Gasteiger partial charge in [-0.25, -0.2) is 31.4 Å². The van der Waals surface area contributed by atoms with E-state index in [-0.39, 0.29) is 28.2 Å². The Morgan fingerprint density at radius 1 is 0.962 bits per heavy atom. The number of carbonyl (C=O) groups excluding carboxylic acids is 2. The third kappa shape index (κ3) is 7.77. The number of nitrogens with one attached hydrogen (secondary N) is 2.